The summed E-state index contributed by atoms with van der Waals surface area (Å²) in [5.74, 6) is 0. The first kappa shape index (κ1) is 11.0. The second-order valence-corrected chi connectivity index (χ2v) is 4.30. The third-order valence-corrected chi connectivity index (χ3v) is 2.87. The molecule has 0 saturated heterocycles. The lowest BCUT2D eigenvalue weighted by molar-refractivity contribution is 0.0643. The van der Waals surface area contributed by atoms with Crippen molar-refractivity contribution in [3.8, 4) is 0 Å². The summed E-state index contributed by atoms with van der Waals surface area (Å²) in [6, 6.07) is 1.41. The van der Waals surface area contributed by atoms with Crippen LogP contribution in [-0.4, -0.2) is 23.6 Å². The van der Waals surface area contributed by atoms with Crippen molar-refractivity contribution in [2.24, 2.45) is 0 Å². The van der Waals surface area contributed by atoms with Gasteiger partial charge < -0.3 is 0 Å². The second kappa shape index (κ2) is 5.61. The minimum Gasteiger partial charge on any atom is -0.255 e. The molecule has 0 aliphatic heterocycles. The van der Waals surface area contributed by atoms with Crippen molar-refractivity contribution in [2.75, 3.05) is 6.54 Å². The van der Waals surface area contributed by atoms with Gasteiger partial charge in [0.15, 0.2) is 0 Å². The lowest BCUT2D eigenvalue weighted by atomic mass is 9.94. The zero-order valence-corrected chi connectivity index (χ0v) is 9.34. The number of hydrogen-bond donors (Lipinski definition) is 1. The summed E-state index contributed by atoms with van der Waals surface area (Å²) in [6.45, 7) is 7.78. The first-order chi connectivity index (χ1) is 6.25. The van der Waals surface area contributed by atoms with Crippen molar-refractivity contribution in [2.45, 2.75) is 65.0 Å². The van der Waals surface area contributed by atoms with Crippen LogP contribution in [0.1, 0.15) is 52.9 Å². The van der Waals surface area contributed by atoms with Crippen LogP contribution in [0, 0.1) is 0 Å². The normalized spacial score (nSPS) is 20.1. The van der Waals surface area contributed by atoms with Gasteiger partial charge in [-0.25, -0.2) is 5.01 Å². The average Bonchev–Trinajstić information content (AvgIpc) is 2.15. The molecule has 0 unspecified atom stereocenters. The topological polar surface area (TPSA) is 15.3 Å². The van der Waals surface area contributed by atoms with Crippen LogP contribution in [0.5, 0.6) is 0 Å². The summed E-state index contributed by atoms with van der Waals surface area (Å²) in [5, 5.41) is 2.46. The summed E-state index contributed by atoms with van der Waals surface area (Å²) in [5.41, 5.74) is 3.49. The molecule has 0 bridgehead atoms. The SMILES string of the molecule is CCNN(C(C)C)C1CCCCC1. The first-order valence-corrected chi connectivity index (χ1v) is 5.77. The predicted molar refractivity (Wildman–Crippen MR) is 57.5 cm³/mol. The van der Waals surface area contributed by atoms with E-state index in [4.69, 9.17) is 0 Å². The molecule has 13 heavy (non-hydrogen) atoms. The van der Waals surface area contributed by atoms with Crippen LogP contribution >= 0.6 is 0 Å². The van der Waals surface area contributed by atoms with E-state index in [1.807, 2.05) is 0 Å². The summed E-state index contributed by atoms with van der Waals surface area (Å²) < 4.78 is 0. The van der Waals surface area contributed by atoms with Gasteiger partial charge in [-0.1, -0.05) is 26.2 Å². The molecule has 0 heterocycles. The smallest absolute Gasteiger partial charge is 0.0246 e. The number of nitrogens with one attached hydrogen (secondary N) is 1. The van der Waals surface area contributed by atoms with Crippen LogP contribution in [-0.2, 0) is 0 Å². The van der Waals surface area contributed by atoms with Gasteiger partial charge in [-0.15, -0.1) is 0 Å². The molecule has 0 atom stereocenters. The molecule has 2 heteroatoms. The zero-order valence-electron chi connectivity index (χ0n) is 9.34. The van der Waals surface area contributed by atoms with E-state index in [0.29, 0.717) is 6.04 Å². The van der Waals surface area contributed by atoms with E-state index in [1.165, 1.54) is 32.1 Å². The fraction of sp³-hybridized carbons (Fsp3) is 1.00. The van der Waals surface area contributed by atoms with Gasteiger partial charge in [0.25, 0.3) is 0 Å². The Balaban J connectivity index is 2.41. The highest BCUT2D eigenvalue weighted by Gasteiger charge is 2.22. The van der Waals surface area contributed by atoms with Crippen LogP contribution < -0.4 is 5.43 Å². The third kappa shape index (κ3) is 3.28. The largest absolute Gasteiger partial charge is 0.255 e. The quantitative estimate of drug-likeness (QED) is 0.675. The molecule has 78 valence electrons. The van der Waals surface area contributed by atoms with E-state index in [1.54, 1.807) is 0 Å². The summed E-state index contributed by atoms with van der Waals surface area (Å²) in [6.07, 6.45) is 7.03. The lowest BCUT2D eigenvalue weighted by Crippen LogP contribution is -2.50. The van der Waals surface area contributed by atoms with Crippen LogP contribution in [0.2, 0.25) is 0 Å². The molecule has 1 aliphatic carbocycles. The Morgan fingerprint density at radius 2 is 1.85 bits per heavy atom. The first-order valence-electron chi connectivity index (χ1n) is 5.77. The number of rotatable bonds is 4. The van der Waals surface area contributed by atoms with E-state index in [2.05, 4.69) is 31.2 Å². The predicted octanol–water partition coefficient (Wildman–Crippen LogP) is 2.55. The molecule has 0 amide bonds. The average molecular weight is 184 g/mol. The monoisotopic (exact) mass is 184 g/mol. The summed E-state index contributed by atoms with van der Waals surface area (Å²) >= 11 is 0. The maximum absolute atomic E-state index is 3.49. The molecule has 2 nitrogen and oxygen atoms in total. The van der Waals surface area contributed by atoms with E-state index in [0.717, 1.165) is 12.6 Å². The molecule has 1 rings (SSSR count). The Hall–Kier alpha value is -0.0800. The van der Waals surface area contributed by atoms with Crippen molar-refractivity contribution < 1.29 is 0 Å². The van der Waals surface area contributed by atoms with Crippen LogP contribution in [0.15, 0.2) is 0 Å². The molecule has 1 fully saturated rings. The number of nitrogens with zero attached hydrogens (tertiary/aromatic N) is 1. The van der Waals surface area contributed by atoms with E-state index in [9.17, 15) is 0 Å². The van der Waals surface area contributed by atoms with Crippen LogP contribution in [0.3, 0.4) is 0 Å². The molecule has 1 saturated carbocycles. The summed E-state index contributed by atoms with van der Waals surface area (Å²) in [4.78, 5) is 0. The zero-order chi connectivity index (χ0) is 9.68. The fourth-order valence-electron chi connectivity index (χ4n) is 2.28. The Bertz CT molecular complexity index is 128. The Morgan fingerprint density at radius 3 is 2.31 bits per heavy atom. The number of hydrazine groups is 1. The summed E-state index contributed by atoms with van der Waals surface area (Å²) in [7, 11) is 0. The van der Waals surface area contributed by atoms with Gasteiger partial charge in [-0.2, -0.15) is 0 Å². The maximum Gasteiger partial charge on any atom is 0.0246 e. The molecular weight excluding hydrogens is 160 g/mol. The molecule has 0 aromatic heterocycles. The van der Waals surface area contributed by atoms with E-state index in [-0.39, 0.29) is 0 Å². The van der Waals surface area contributed by atoms with E-state index < -0.39 is 0 Å². The molecule has 0 aromatic rings. The molecular formula is C11H24N2. The van der Waals surface area contributed by atoms with Gasteiger partial charge in [0.1, 0.15) is 0 Å². The third-order valence-electron chi connectivity index (χ3n) is 2.87. The Morgan fingerprint density at radius 1 is 1.23 bits per heavy atom. The van der Waals surface area contributed by atoms with Gasteiger partial charge >= 0.3 is 0 Å². The minimum atomic E-state index is 0.628. The molecule has 0 aromatic carbocycles. The van der Waals surface area contributed by atoms with Gasteiger partial charge in [-0.3, -0.25) is 5.43 Å². The molecule has 1 aliphatic rings. The van der Waals surface area contributed by atoms with Crippen molar-refractivity contribution in [3.05, 3.63) is 0 Å². The standard InChI is InChI=1S/C11H24N2/c1-4-12-13(10(2)3)11-8-6-5-7-9-11/h10-12H,4-9H2,1-3H3. The van der Waals surface area contributed by atoms with Crippen molar-refractivity contribution in [3.63, 3.8) is 0 Å². The highest BCUT2D eigenvalue weighted by Crippen LogP contribution is 2.22. The Labute approximate surface area is 82.7 Å². The van der Waals surface area contributed by atoms with Gasteiger partial charge in [0.2, 0.25) is 0 Å². The van der Waals surface area contributed by atoms with Crippen molar-refractivity contribution in [1.82, 2.24) is 10.4 Å². The van der Waals surface area contributed by atoms with Gasteiger partial charge in [0, 0.05) is 18.6 Å². The highest BCUT2D eigenvalue weighted by atomic mass is 15.5. The molecule has 0 spiro atoms. The number of hydrogen-bond acceptors (Lipinski definition) is 2. The van der Waals surface area contributed by atoms with Crippen LogP contribution in [0.4, 0.5) is 0 Å². The van der Waals surface area contributed by atoms with Crippen molar-refractivity contribution >= 4 is 0 Å². The molecule has 0 radical (unpaired) electrons. The minimum absolute atomic E-state index is 0.628. The van der Waals surface area contributed by atoms with Gasteiger partial charge in [-0.05, 0) is 26.7 Å². The Kier molecular flexibility index (Phi) is 4.74. The van der Waals surface area contributed by atoms with Crippen LogP contribution in [0.25, 0.3) is 0 Å². The lowest BCUT2D eigenvalue weighted by Gasteiger charge is -2.37. The second-order valence-electron chi connectivity index (χ2n) is 4.30. The van der Waals surface area contributed by atoms with Crippen molar-refractivity contribution in [1.29, 1.82) is 0 Å². The molecule has 1 N–H and O–H groups in total. The van der Waals surface area contributed by atoms with Gasteiger partial charge in [0.05, 0.1) is 0 Å². The fourth-order valence-corrected chi connectivity index (χ4v) is 2.28. The highest BCUT2D eigenvalue weighted by molar-refractivity contribution is 4.75. The van der Waals surface area contributed by atoms with E-state index >= 15 is 0 Å². The maximum atomic E-state index is 3.49.